The van der Waals surface area contributed by atoms with Crippen molar-refractivity contribution in [1.82, 2.24) is 10.0 Å². The van der Waals surface area contributed by atoms with Gasteiger partial charge in [0.05, 0.1) is 33.4 Å². The van der Waals surface area contributed by atoms with Crippen LogP contribution in [0.1, 0.15) is 15.9 Å². The average molecular weight is 693 g/mol. The van der Waals surface area contributed by atoms with Crippen LogP contribution >= 0.6 is 92.8 Å². The number of halogens is 8. The fourth-order valence-corrected chi connectivity index (χ4v) is 8.54. The van der Waals surface area contributed by atoms with E-state index in [4.69, 9.17) is 92.8 Å². The Hall–Kier alpha value is -1.49. The summed E-state index contributed by atoms with van der Waals surface area (Å²) < 4.78 is -2.16. The standard InChI is InChI=1S/C23H11Cl8N3O5/c24-11-4-1-10(13(25)7-11)8-32(18(35)9-2-5-12(6-3-9)34(38)39)33-19(36)14-15(20(33)37)22(29)17(27)16(26)21(14,28)23(22,30)31/h1-7,14-15H,8H2/t14-,15-,21+,22+/m0/s1. The molecule has 3 amide bonds. The molecule has 4 atom stereocenters. The molecule has 2 fully saturated rings. The molecule has 2 aromatic rings. The molecule has 0 unspecified atom stereocenters. The van der Waals surface area contributed by atoms with Crippen molar-refractivity contribution in [3.63, 3.8) is 0 Å². The van der Waals surface area contributed by atoms with Gasteiger partial charge in [-0.2, -0.15) is 5.01 Å². The predicted molar refractivity (Wildman–Crippen MR) is 149 cm³/mol. The first-order valence-corrected chi connectivity index (χ1v) is 13.8. The molecule has 0 spiro atoms. The van der Waals surface area contributed by atoms with Crippen LogP contribution < -0.4 is 0 Å². The summed E-state index contributed by atoms with van der Waals surface area (Å²) in [5.41, 5.74) is -0.0376. The Balaban J connectivity index is 1.62. The smallest absolute Gasteiger partial charge is 0.272 e. The Morgan fingerprint density at radius 3 is 1.87 bits per heavy atom. The Kier molecular flexibility index (Phi) is 7.09. The molecule has 1 saturated carbocycles. The molecule has 16 heteroatoms. The minimum Gasteiger partial charge on any atom is -0.272 e. The molecular weight excluding hydrogens is 682 g/mol. The number of hydrazine groups is 1. The molecule has 1 aliphatic heterocycles. The Morgan fingerprint density at radius 1 is 0.897 bits per heavy atom. The third-order valence-electron chi connectivity index (χ3n) is 7.02. The molecule has 0 aromatic heterocycles. The number of hydrogen-bond acceptors (Lipinski definition) is 5. The summed E-state index contributed by atoms with van der Waals surface area (Å²) in [6.45, 7) is -0.394. The number of carbonyl (C=O) groups excluding carboxylic acids is 3. The summed E-state index contributed by atoms with van der Waals surface area (Å²) in [7, 11) is 0. The van der Waals surface area contributed by atoms with E-state index in [0.717, 1.165) is 17.1 Å². The zero-order chi connectivity index (χ0) is 28.8. The van der Waals surface area contributed by atoms with Crippen LogP contribution in [0, 0.1) is 22.0 Å². The SMILES string of the molecule is O=C(c1ccc([N+](=O)[O-])cc1)N(Cc1ccc(Cl)cc1Cl)N1C(=O)[C@@H]2[C@@H](C1=O)[C@@]1(Cl)C(Cl)=C(Cl)[C@@]2(Cl)C1(Cl)Cl. The van der Waals surface area contributed by atoms with Gasteiger partial charge in [0.2, 0.25) is 0 Å². The maximum absolute atomic E-state index is 13.9. The maximum atomic E-state index is 13.9. The first kappa shape index (κ1) is 29.0. The third-order valence-corrected chi connectivity index (χ3v) is 11.9. The van der Waals surface area contributed by atoms with Crippen LogP contribution in [0.3, 0.4) is 0 Å². The topological polar surface area (TPSA) is 101 Å². The molecule has 2 aromatic carbocycles. The van der Waals surface area contributed by atoms with Gasteiger partial charge in [-0.3, -0.25) is 24.5 Å². The minimum absolute atomic E-state index is 0.0780. The van der Waals surface area contributed by atoms with Crippen LogP contribution in [-0.2, 0) is 16.1 Å². The zero-order valence-electron chi connectivity index (χ0n) is 18.8. The van der Waals surface area contributed by atoms with Crippen molar-refractivity contribution in [3.05, 3.63) is 83.8 Å². The van der Waals surface area contributed by atoms with E-state index in [-0.39, 0.29) is 26.3 Å². The molecule has 0 N–H and O–H groups in total. The highest BCUT2D eigenvalue weighted by Crippen LogP contribution is 2.77. The Bertz CT molecular complexity index is 1470. The number of nitro groups is 1. The van der Waals surface area contributed by atoms with E-state index >= 15 is 0 Å². The lowest BCUT2D eigenvalue weighted by atomic mass is 9.84. The molecule has 204 valence electrons. The lowest BCUT2D eigenvalue weighted by Crippen LogP contribution is -2.55. The predicted octanol–water partition coefficient (Wildman–Crippen LogP) is 6.91. The van der Waals surface area contributed by atoms with Gasteiger partial charge in [0.15, 0.2) is 4.33 Å². The van der Waals surface area contributed by atoms with Gasteiger partial charge in [0.1, 0.15) is 9.75 Å². The summed E-state index contributed by atoms with van der Waals surface area (Å²) in [5.74, 6) is -5.76. The van der Waals surface area contributed by atoms with E-state index in [2.05, 4.69) is 0 Å². The number of hydrogen-bond donors (Lipinski definition) is 0. The van der Waals surface area contributed by atoms with E-state index in [1.165, 1.54) is 30.3 Å². The van der Waals surface area contributed by atoms with Gasteiger partial charge in [0, 0.05) is 27.7 Å². The summed E-state index contributed by atoms with van der Waals surface area (Å²) in [6, 6.07) is 8.97. The summed E-state index contributed by atoms with van der Waals surface area (Å²) in [6.07, 6.45) is 0. The Morgan fingerprint density at radius 2 is 1.41 bits per heavy atom. The molecule has 8 nitrogen and oxygen atoms in total. The normalized spacial score (nSPS) is 28.8. The van der Waals surface area contributed by atoms with E-state index in [1.807, 2.05) is 0 Å². The minimum atomic E-state index is -2.16. The molecule has 1 saturated heterocycles. The monoisotopic (exact) mass is 689 g/mol. The molecule has 2 bridgehead atoms. The van der Waals surface area contributed by atoms with Crippen LogP contribution in [0.2, 0.25) is 10.0 Å². The number of nitro benzene ring substituents is 1. The van der Waals surface area contributed by atoms with E-state index in [9.17, 15) is 24.5 Å². The number of nitrogens with zero attached hydrogens (tertiary/aromatic N) is 3. The maximum Gasteiger partial charge on any atom is 0.273 e. The number of alkyl halides is 4. The van der Waals surface area contributed by atoms with Crippen LogP contribution in [0.15, 0.2) is 52.5 Å². The number of allylic oxidation sites excluding steroid dienone is 2. The molecular formula is C23H11Cl8N3O5. The van der Waals surface area contributed by atoms with E-state index < -0.39 is 55.1 Å². The number of non-ortho nitro benzene ring substituents is 1. The van der Waals surface area contributed by atoms with Gasteiger partial charge in [-0.1, -0.05) is 75.7 Å². The van der Waals surface area contributed by atoms with Crippen molar-refractivity contribution in [2.75, 3.05) is 0 Å². The fourth-order valence-electron chi connectivity index (χ4n) is 5.14. The highest BCUT2D eigenvalue weighted by atomic mass is 35.5. The van der Waals surface area contributed by atoms with Crippen molar-refractivity contribution < 1.29 is 19.3 Å². The fraction of sp³-hybridized carbons (Fsp3) is 0.261. The van der Waals surface area contributed by atoms with Gasteiger partial charge in [-0.05, 0) is 29.8 Å². The van der Waals surface area contributed by atoms with Gasteiger partial charge in [-0.25, -0.2) is 5.01 Å². The first-order chi connectivity index (χ1) is 18.1. The lowest BCUT2D eigenvalue weighted by Gasteiger charge is -2.37. The number of rotatable bonds is 5. The second-order valence-corrected chi connectivity index (χ2v) is 13.1. The summed E-state index contributed by atoms with van der Waals surface area (Å²) in [4.78, 5) is 47.8. The highest BCUT2D eigenvalue weighted by molar-refractivity contribution is 6.66. The van der Waals surface area contributed by atoms with Crippen molar-refractivity contribution >= 4 is 116 Å². The van der Waals surface area contributed by atoms with Crippen LogP contribution in [-0.4, -0.2) is 46.7 Å². The molecule has 39 heavy (non-hydrogen) atoms. The van der Waals surface area contributed by atoms with Gasteiger partial charge in [0.25, 0.3) is 23.4 Å². The number of imide groups is 1. The molecule has 1 heterocycles. The van der Waals surface area contributed by atoms with Gasteiger partial charge < -0.3 is 0 Å². The van der Waals surface area contributed by atoms with Crippen LogP contribution in [0.25, 0.3) is 0 Å². The highest BCUT2D eigenvalue weighted by Gasteiger charge is 2.88. The second-order valence-electron chi connectivity index (χ2n) is 8.97. The average Bonchev–Trinajstić information content (AvgIpc) is 3.26. The number of fused-ring (bicyclic) bond motifs is 5. The summed E-state index contributed by atoms with van der Waals surface area (Å²) >= 11 is 51.7. The Labute approximate surface area is 260 Å². The van der Waals surface area contributed by atoms with Crippen LogP contribution in [0.4, 0.5) is 5.69 Å². The van der Waals surface area contributed by atoms with E-state index in [1.54, 1.807) is 0 Å². The van der Waals surface area contributed by atoms with Crippen LogP contribution in [0.5, 0.6) is 0 Å². The van der Waals surface area contributed by atoms with Crippen molar-refractivity contribution in [1.29, 1.82) is 0 Å². The largest absolute Gasteiger partial charge is 0.273 e. The number of benzene rings is 2. The van der Waals surface area contributed by atoms with Crippen molar-refractivity contribution in [2.45, 2.75) is 20.6 Å². The lowest BCUT2D eigenvalue weighted by molar-refractivity contribution is -0.384. The number of amides is 3. The van der Waals surface area contributed by atoms with E-state index in [0.29, 0.717) is 15.6 Å². The number of carbonyl (C=O) groups is 3. The molecule has 2 aliphatic carbocycles. The van der Waals surface area contributed by atoms with Crippen molar-refractivity contribution in [2.24, 2.45) is 11.8 Å². The first-order valence-electron chi connectivity index (χ1n) is 10.8. The third kappa shape index (κ3) is 3.76. The molecule has 3 aliphatic rings. The van der Waals surface area contributed by atoms with Gasteiger partial charge >= 0.3 is 0 Å². The quantitative estimate of drug-likeness (QED) is 0.147. The summed E-state index contributed by atoms with van der Waals surface area (Å²) in [5, 5.41) is 12.4. The zero-order valence-corrected chi connectivity index (χ0v) is 24.9. The molecule has 0 radical (unpaired) electrons. The van der Waals surface area contributed by atoms with Gasteiger partial charge in [-0.15, -0.1) is 23.2 Å². The van der Waals surface area contributed by atoms with Crippen molar-refractivity contribution in [3.8, 4) is 0 Å². The molecule has 5 rings (SSSR count). The second kappa shape index (κ2) is 9.53.